The monoisotopic (exact) mass is 301 g/mol. The topological polar surface area (TPSA) is 12.0 Å². The second-order valence-electron chi connectivity index (χ2n) is 3.68. The van der Waals surface area contributed by atoms with E-state index in [9.17, 15) is 4.39 Å². The smallest absolute Gasteiger partial charge is 0.123 e. The lowest BCUT2D eigenvalue weighted by Gasteiger charge is -2.03. The van der Waals surface area contributed by atoms with Crippen LogP contribution in [0.5, 0.6) is 0 Å². The Balaban J connectivity index is 1.63. The minimum Gasteiger partial charge on any atom is -0.311 e. The molecule has 0 saturated heterocycles. The van der Waals surface area contributed by atoms with Crippen LogP contribution in [0.15, 0.2) is 41.3 Å². The summed E-state index contributed by atoms with van der Waals surface area (Å²) in [5, 5.41) is 3.35. The van der Waals surface area contributed by atoms with Crippen molar-refractivity contribution in [2.24, 2.45) is 0 Å². The van der Waals surface area contributed by atoms with Gasteiger partial charge in [0.25, 0.3) is 0 Å². The highest BCUT2D eigenvalue weighted by Gasteiger charge is 1.98. The van der Waals surface area contributed by atoms with E-state index < -0.39 is 0 Å². The second-order valence-corrected chi connectivity index (χ2v) is 6.65. The van der Waals surface area contributed by atoms with E-state index in [1.54, 1.807) is 35.2 Å². The van der Waals surface area contributed by atoms with Crippen molar-refractivity contribution in [2.75, 3.05) is 12.3 Å². The first-order valence-electron chi connectivity index (χ1n) is 5.57. The molecular weight excluding hydrogens is 289 g/mol. The molecule has 2 rings (SSSR count). The summed E-state index contributed by atoms with van der Waals surface area (Å²) < 4.78 is 13.5. The first-order chi connectivity index (χ1) is 8.74. The van der Waals surface area contributed by atoms with Crippen molar-refractivity contribution in [3.05, 3.63) is 51.4 Å². The second kappa shape index (κ2) is 7.14. The van der Waals surface area contributed by atoms with Crippen molar-refractivity contribution >= 4 is 34.7 Å². The van der Waals surface area contributed by atoms with E-state index in [-0.39, 0.29) is 5.82 Å². The lowest BCUT2D eigenvalue weighted by atomic mass is 10.4. The van der Waals surface area contributed by atoms with Crippen LogP contribution in [0, 0.1) is 5.82 Å². The largest absolute Gasteiger partial charge is 0.311 e. The summed E-state index contributed by atoms with van der Waals surface area (Å²) in [6, 6.07) is 10.5. The molecule has 0 radical (unpaired) electrons. The fourth-order valence-corrected chi connectivity index (χ4v) is 3.30. The van der Waals surface area contributed by atoms with Gasteiger partial charge in [0, 0.05) is 28.6 Å². The van der Waals surface area contributed by atoms with Crippen molar-refractivity contribution < 1.29 is 4.39 Å². The molecule has 1 heterocycles. The predicted octanol–water partition coefficient (Wildman–Crippen LogP) is 4.42. The van der Waals surface area contributed by atoms with E-state index in [0.717, 1.165) is 28.1 Å². The summed E-state index contributed by atoms with van der Waals surface area (Å²) in [4.78, 5) is 2.34. The first kappa shape index (κ1) is 13.9. The number of hydrogen-bond acceptors (Lipinski definition) is 3. The zero-order chi connectivity index (χ0) is 12.8. The molecule has 0 aliphatic carbocycles. The highest BCUT2D eigenvalue weighted by molar-refractivity contribution is 7.99. The molecule has 18 heavy (non-hydrogen) atoms. The van der Waals surface area contributed by atoms with Crippen LogP contribution < -0.4 is 5.32 Å². The van der Waals surface area contributed by atoms with Crippen LogP contribution in [-0.2, 0) is 6.54 Å². The minimum absolute atomic E-state index is 0.188. The number of nitrogens with one attached hydrogen (secondary N) is 1. The van der Waals surface area contributed by atoms with Crippen molar-refractivity contribution in [2.45, 2.75) is 11.4 Å². The molecule has 0 aliphatic heterocycles. The van der Waals surface area contributed by atoms with E-state index in [4.69, 9.17) is 11.6 Å². The number of thioether (sulfide) groups is 1. The van der Waals surface area contributed by atoms with Gasteiger partial charge in [0.05, 0.1) is 4.34 Å². The van der Waals surface area contributed by atoms with Gasteiger partial charge in [0.2, 0.25) is 0 Å². The summed E-state index contributed by atoms with van der Waals surface area (Å²) in [5.74, 6) is 0.775. The average Bonchev–Trinajstić information content (AvgIpc) is 2.77. The molecule has 1 nitrogen and oxygen atoms in total. The molecule has 0 bridgehead atoms. The van der Waals surface area contributed by atoms with Gasteiger partial charge in [-0.25, -0.2) is 4.39 Å². The third-order valence-electron chi connectivity index (χ3n) is 2.29. The van der Waals surface area contributed by atoms with Crippen LogP contribution >= 0.6 is 34.7 Å². The van der Waals surface area contributed by atoms with Crippen molar-refractivity contribution in [1.82, 2.24) is 5.32 Å². The van der Waals surface area contributed by atoms with Crippen LogP contribution in [0.3, 0.4) is 0 Å². The Hall–Kier alpha value is -0.550. The Kier molecular flexibility index (Phi) is 5.50. The van der Waals surface area contributed by atoms with Gasteiger partial charge in [-0.15, -0.1) is 23.1 Å². The van der Waals surface area contributed by atoms with Gasteiger partial charge < -0.3 is 5.32 Å². The minimum atomic E-state index is -0.188. The maximum absolute atomic E-state index is 12.7. The molecule has 0 amide bonds. The fourth-order valence-electron chi connectivity index (χ4n) is 1.43. The molecule has 1 aromatic carbocycles. The van der Waals surface area contributed by atoms with Crippen LogP contribution in [-0.4, -0.2) is 12.3 Å². The van der Waals surface area contributed by atoms with Gasteiger partial charge in [0.1, 0.15) is 5.82 Å². The van der Waals surface area contributed by atoms with Gasteiger partial charge in [-0.2, -0.15) is 0 Å². The molecule has 0 aliphatic rings. The normalized spacial score (nSPS) is 10.8. The molecule has 1 N–H and O–H groups in total. The molecule has 2 aromatic rings. The van der Waals surface area contributed by atoms with Gasteiger partial charge in [-0.1, -0.05) is 11.6 Å². The predicted molar refractivity (Wildman–Crippen MR) is 78.2 cm³/mol. The number of halogens is 2. The molecule has 0 fully saturated rings. The van der Waals surface area contributed by atoms with Crippen LogP contribution in [0.4, 0.5) is 4.39 Å². The SMILES string of the molecule is Fc1ccc(SCCNCc2ccc(Cl)s2)cc1. The lowest BCUT2D eigenvalue weighted by molar-refractivity contribution is 0.626. The molecular formula is C13H13ClFNS2. The molecule has 0 spiro atoms. The van der Waals surface area contributed by atoms with Crippen molar-refractivity contribution in [3.63, 3.8) is 0 Å². The third kappa shape index (κ3) is 4.61. The van der Waals surface area contributed by atoms with E-state index in [1.165, 1.54) is 17.0 Å². The summed E-state index contributed by atoms with van der Waals surface area (Å²) >= 11 is 9.17. The van der Waals surface area contributed by atoms with E-state index >= 15 is 0 Å². The standard InChI is InChI=1S/C13H13ClFNS2/c14-13-6-5-12(18-13)9-16-7-8-17-11-3-1-10(15)2-4-11/h1-6,16H,7-9H2. The summed E-state index contributed by atoms with van der Waals surface area (Å²) in [6.45, 7) is 1.76. The third-order valence-corrected chi connectivity index (χ3v) is 4.53. The summed E-state index contributed by atoms with van der Waals surface area (Å²) in [6.07, 6.45) is 0. The lowest BCUT2D eigenvalue weighted by Crippen LogP contribution is -2.15. The Labute approximate surface area is 119 Å². The van der Waals surface area contributed by atoms with Gasteiger partial charge in [-0.05, 0) is 36.4 Å². The Morgan fingerprint density at radius 3 is 2.61 bits per heavy atom. The van der Waals surface area contributed by atoms with Crippen molar-refractivity contribution in [3.8, 4) is 0 Å². The summed E-state index contributed by atoms with van der Waals surface area (Å²) in [7, 11) is 0. The molecule has 0 unspecified atom stereocenters. The molecule has 1 aromatic heterocycles. The van der Waals surface area contributed by atoms with Crippen LogP contribution in [0.1, 0.15) is 4.88 Å². The number of rotatable bonds is 6. The first-order valence-corrected chi connectivity index (χ1v) is 7.75. The number of benzene rings is 1. The average molecular weight is 302 g/mol. The molecule has 0 saturated carbocycles. The van der Waals surface area contributed by atoms with Crippen LogP contribution in [0.2, 0.25) is 4.34 Å². The fraction of sp³-hybridized carbons (Fsp3) is 0.231. The Bertz CT molecular complexity index is 484. The zero-order valence-electron chi connectivity index (χ0n) is 9.66. The number of thiophene rings is 1. The maximum atomic E-state index is 12.7. The van der Waals surface area contributed by atoms with E-state index in [2.05, 4.69) is 5.32 Å². The quantitative estimate of drug-likeness (QED) is 0.626. The van der Waals surface area contributed by atoms with E-state index in [1.807, 2.05) is 12.1 Å². The Morgan fingerprint density at radius 1 is 1.17 bits per heavy atom. The molecule has 5 heteroatoms. The number of hydrogen-bond donors (Lipinski definition) is 1. The maximum Gasteiger partial charge on any atom is 0.123 e. The highest BCUT2D eigenvalue weighted by atomic mass is 35.5. The van der Waals surface area contributed by atoms with Gasteiger partial charge >= 0.3 is 0 Å². The van der Waals surface area contributed by atoms with E-state index in [0.29, 0.717) is 0 Å². The van der Waals surface area contributed by atoms with Gasteiger partial charge in [0.15, 0.2) is 0 Å². The van der Waals surface area contributed by atoms with Crippen molar-refractivity contribution in [1.29, 1.82) is 0 Å². The molecule has 0 atom stereocenters. The Morgan fingerprint density at radius 2 is 1.94 bits per heavy atom. The molecule has 96 valence electrons. The summed E-state index contributed by atoms with van der Waals surface area (Å²) in [5.41, 5.74) is 0. The highest BCUT2D eigenvalue weighted by Crippen LogP contribution is 2.21. The van der Waals surface area contributed by atoms with Crippen LogP contribution in [0.25, 0.3) is 0 Å². The van der Waals surface area contributed by atoms with Gasteiger partial charge in [-0.3, -0.25) is 0 Å². The zero-order valence-corrected chi connectivity index (χ0v) is 12.0.